The molecule has 52 valence electrons. The number of isocyanates is 1. The van der Waals surface area contributed by atoms with Gasteiger partial charge in [-0.25, -0.2) is 4.79 Å². The van der Waals surface area contributed by atoms with Gasteiger partial charge in [-0.05, 0) is 12.2 Å². The summed E-state index contributed by atoms with van der Waals surface area (Å²) in [6, 6.07) is 2.03. The van der Waals surface area contributed by atoms with Crippen LogP contribution in [0.2, 0.25) is 0 Å². The normalized spacial score (nSPS) is 30.7. The van der Waals surface area contributed by atoms with Crippen molar-refractivity contribution in [2.24, 2.45) is 4.99 Å². The van der Waals surface area contributed by atoms with E-state index < -0.39 is 5.54 Å². The summed E-state index contributed by atoms with van der Waals surface area (Å²) in [4.78, 5) is 13.4. The third-order valence-electron chi connectivity index (χ3n) is 1.47. The van der Waals surface area contributed by atoms with Gasteiger partial charge in [0, 0.05) is 5.75 Å². The number of rotatable bonds is 1. The van der Waals surface area contributed by atoms with Gasteiger partial charge in [-0.2, -0.15) is 22.0 Å². The molecule has 1 fully saturated rings. The zero-order chi connectivity index (χ0) is 7.45. The number of hydrogen-bond donors (Lipinski definition) is 0. The third-order valence-corrected chi connectivity index (χ3v) is 2.64. The van der Waals surface area contributed by atoms with Crippen LogP contribution >= 0.6 is 11.8 Å². The first-order valence-electron chi connectivity index (χ1n) is 2.91. The monoisotopic (exact) mass is 154 g/mol. The zero-order valence-corrected chi connectivity index (χ0v) is 6.15. The summed E-state index contributed by atoms with van der Waals surface area (Å²) in [6.07, 6.45) is 2.12. The Morgan fingerprint density at radius 1 is 1.70 bits per heavy atom. The average Bonchev–Trinajstić information content (AvgIpc) is 2.39. The zero-order valence-electron chi connectivity index (χ0n) is 5.33. The fourth-order valence-corrected chi connectivity index (χ4v) is 2.08. The molecule has 1 atom stereocenters. The molecule has 3 nitrogen and oxygen atoms in total. The van der Waals surface area contributed by atoms with E-state index in [0.29, 0.717) is 12.2 Å². The highest BCUT2D eigenvalue weighted by Crippen LogP contribution is 2.30. The van der Waals surface area contributed by atoms with Crippen molar-refractivity contribution in [1.82, 2.24) is 0 Å². The van der Waals surface area contributed by atoms with Crippen LogP contribution in [-0.2, 0) is 4.79 Å². The van der Waals surface area contributed by atoms with Gasteiger partial charge in [-0.3, -0.25) is 0 Å². The van der Waals surface area contributed by atoms with Crippen LogP contribution in [-0.4, -0.2) is 23.1 Å². The minimum absolute atomic E-state index is 0.638. The van der Waals surface area contributed by atoms with E-state index in [2.05, 4.69) is 4.99 Å². The van der Waals surface area contributed by atoms with E-state index in [-0.39, 0.29) is 0 Å². The molecule has 0 spiro atoms. The molecule has 1 aliphatic rings. The van der Waals surface area contributed by atoms with E-state index >= 15 is 0 Å². The number of hydrogen-bond acceptors (Lipinski definition) is 4. The van der Waals surface area contributed by atoms with Crippen LogP contribution in [0.3, 0.4) is 0 Å². The second kappa shape index (κ2) is 2.87. The lowest BCUT2D eigenvalue weighted by Gasteiger charge is -2.08. The molecule has 10 heavy (non-hydrogen) atoms. The van der Waals surface area contributed by atoms with Crippen molar-refractivity contribution in [3.63, 3.8) is 0 Å². The largest absolute Gasteiger partial charge is 0.236 e. The van der Waals surface area contributed by atoms with Gasteiger partial charge in [-0.1, -0.05) is 0 Å². The number of carbonyl (C=O) groups excluding carboxylic acids is 1. The summed E-state index contributed by atoms with van der Waals surface area (Å²) in [6.45, 7) is 0. The Morgan fingerprint density at radius 2 is 2.50 bits per heavy atom. The van der Waals surface area contributed by atoms with Gasteiger partial charge in [-0.15, -0.1) is 0 Å². The molecule has 1 aliphatic heterocycles. The molecule has 1 saturated heterocycles. The smallest absolute Gasteiger partial charge is 0.211 e. The maximum atomic E-state index is 9.87. The molecule has 4 heteroatoms. The van der Waals surface area contributed by atoms with Crippen LogP contribution in [0.25, 0.3) is 0 Å². The van der Waals surface area contributed by atoms with E-state index in [1.165, 1.54) is 6.08 Å². The predicted molar refractivity (Wildman–Crippen MR) is 38.4 cm³/mol. The molecule has 0 aromatic rings. The lowest BCUT2D eigenvalue weighted by molar-refractivity contribution is 0.545. The number of nitriles is 1. The Balaban J connectivity index is 2.79. The van der Waals surface area contributed by atoms with Gasteiger partial charge in [0.25, 0.3) is 0 Å². The summed E-state index contributed by atoms with van der Waals surface area (Å²) in [5.41, 5.74) is -0.744. The van der Waals surface area contributed by atoms with Crippen molar-refractivity contribution in [2.45, 2.75) is 12.0 Å². The molecule has 0 amide bonds. The Morgan fingerprint density at radius 3 is 2.90 bits per heavy atom. The second-order valence-electron chi connectivity index (χ2n) is 2.15. The SMILES string of the molecule is N#CC1(N=C=O)CCSC1. The molecule has 1 unspecified atom stereocenters. The van der Waals surface area contributed by atoms with Crippen LogP contribution in [0, 0.1) is 11.3 Å². The van der Waals surface area contributed by atoms with Gasteiger partial charge in [0.2, 0.25) is 6.08 Å². The van der Waals surface area contributed by atoms with Crippen LogP contribution in [0.1, 0.15) is 6.42 Å². The van der Waals surface area contributed by atoms with E-state index in [1.54, 1.807) is 11.8 Å². The van der Waals surface area contributed by atoms with Crippen molar-refractivity contribution < 1.29 is 4.79 Å². The van der Waals surface area contributed by atoms with E-state index in [4.69, 9.17) is 5.26 Å². The van der Waals surface area contributed by atoms with Crippen molar-refractivity contribution in [3.8, 4) is 6.07 Å². The van der Waals surface area contributed by atoms with Gasteiger partial charge < -0.3 is 0 Å². The molecule has 1 rings (SSSR count). The van der Waals surface area contributed by atoms with E-state index in [0.717, 1.165) is 5.75 Å². The first-order chi connectivity index (χ1) is 4.83. The first kappa shape index (κ1) is 7.33. The van der Waals surface area contributed by atoms with Crippen molar-refractivity contribution >= 4 is 17.8 Å². The van der Waals surface area contributed by atoms with Gasteiger partial charge >= 0.3 is 0 Å². The average molecular weight is 154 g/mol. The number of aliphatic imine (C=N–C) groups is 1. The van der Waals surface area contributed by atoms with E-state index in [1.807, 2.05) is 6.07 Å². The summed E-state index contributed by atoms with van der Waals surface area (Å²) >= 11 is 1.65. The van der Waals surface area contributed by atoms with E-state index in [9.17, 15) is 4.79 Å². The number of nitrogens with zero attached hydrogens (tertiary/aromatic N) is 2. The highest BCUT2D eigenvalue weighted by atomic mass is 32.2. The van der Waals surface area contributed by atoms with Gasteiger partial charge in [0.15, 0.2) is 5.54 Å². The lowest BCUT2D eigenvalue weighted by atomic mass is 10.0. The lowest BCUT2D eigenvalue weighted by Crippen LogP contribution is -2.22. The summed E-state index contributed by atoms with van der Waals surface area (Å²) in [5, 5.41) is 8.61. The van der Waals surface area contributed by atoms with Crippen LogP contribution < -0.4 is 0 Å². The van der Waals surface area contributed by atoms with Crippen LogP contribution in [0.4, 0.5) is 0 Å². The van der Waals surface area contributed by atoms with Gasteiger partial charge in [0.05, 0.1) is 6.07 Å². The van der Waals surface area contributed by atoms with Crippen LogP contribution in [0.15, 0.2) is 4.99 Å². The van der Waals surface area contributed by atoms with Crippen molar-refractivity contribution in [3.05, 3.63) is 0 Å². The molecular formula is C6H6N2OS. The van der Waals surface area contributed by atoms with Gasteiger partial charge in [0.1, 0.15) is 0 Å². The Bertz CT molecular complexity index is 208. The van der Waals surface area contributed by atoms with Crippen LogP contribution in [0.5, 0.6) is 0 Å². The topological polar surface area (TPSA) is 53.2 Å². The molecule has 1 heterocycles. The second-order valence-corrected chi connectivity index (χ2v) is 3.25. The fraction of sp³-hybridized carbons (Fsp3) is 0.667. The molecular weight excluding hydrogens is 148 g/mol. The summed E-state index contributed by atoms with van der Waals surface area (Å²) in [5.74, 6) is 1.55. The summed E-state index contributed by atoms with van der Waals surface area (Å²) < 4.78 is 0. The molecule has 0 radical (unpaired) electrons. The first-order valence-corrected chi connectivity index (χ1v) is 4.06. The Labute approximate surface area is 63.1 Å². The standard InChI is InChI=1S/C6H6N2OS/c7-3-6(8-5-9)1-2-10-4-6/h1-2,4H2. The maximum Gasteiger partial charge on any atom is 0.236 e. The highest BCUT2D eigenvalue weighted by molar-refractivity contribution is 7.99. The quantitative estimate of drug-likeness (QED) is 0.413. The molecule has 0 N–H and O–H groups in total. The van der Waals surface area contributed by atoms with Crippen molar-refractivity contribution in [2.75, 3.05) is 11.5 Å². The highest BCUT2D eigenvalue weighted by Gasteiger charge is 2.34. The molecule has 0 saturated carbocycles. The Kier molecular flexibility index (Phi) is 2.10. The third kappa shape index (κ3) is 1.21. The molecule has 0 aliphatic carbocycles. The molecule has 0 aromatic carbocycles. The minimum atomic E-state index is -0.744. The summed E-state index contributed by atoms with van der Waals surface area (Å²) in [7, 11) is 0. The van der Waals surface area contributed by atoms with Crippen molar-refractivity contribution in [1.29, 1.82) is 5.26 Å². The number of thioether (sulfide) groups is 1. The fourth-order valence-electron chi connectivity index (χ4n) is 0.843. The molecule has 0 aromatic heterocycles. The Hall–Kier alpha value is -0.780. The molecule has 0 bridgehead atoms. The maximum absolute atomic E-state index is 9.87. The minimum Gasteiger partial charge on any atom is -0.211 e. The predicted octanol–water partition coefficient (Wildman–Crippen LogP) is 0.721.